The number of fused-ring (bicyclic) bond motifs is 1. The molecule has 1 heterocycles. The highest BCUT2D eigenvalue weighted by molar-refractivity contribution is 7.98. The molecule has 182 valence electrons. The molecule has 0 bridgehead atoms. The molecule has 0 fully saturated rings. The van der Waals surface area contributed by atoms with Crippen molar-refractivity contribution in [2.24, 2.45) is 0 Å². The van der Waals surface area contributed by atoms with Crippen molar-refractivity contribution in [2.45, 2.75) is 22.0 Å². The number of nitrogens with zero attached hydrogens (tertiary/aromatic N) is 3. The van der Waals surface area contributed by atoms with Crippen LogP contribution in [-0.2, 0) is 22.0 Å². The summed E-state index contributed by atoms with van der Waals surface area (Å²) in [4.78, 5) is 18.0. The summed E-state index contributed by atoms with van der Waals surface area (Å²) >= 11 is 1.13. The van der Waals surface area contributed by atoms with Crippen molar-refractivity contribution in [1.82, 2.24) is 13.9 Å². The number of hydrogen-bond donors (Lipinski definition) is 0. The van der Waals surface area contributed by atoms with E-state index in [-0.39, 0.29) is 26.9 Å². The van der Waals surface area contributed by atoms with Crippen molar-refractivity contribution in [3.8, 4) is 5.69 Å². The Kier molecular flexibility index (Phi) is 6.76. The number of hydrogen-bond acceptors (Lipinski definition) is 5. The van der Waals surface area contributed by atoms with E-state index in [2.05, 4.69) is 4.98 Å². The number of halogens is 3. The van der Waals surface area contributed by atoms with E-state index in [1.807, 2.05) is 0 Å². The van der Waals surface area contributed by atoms with E-state index in [9.17, 15) is 26.4 Å². The zero-order valence-corrected chi connectivity index (χ0v) is 20.3. The van der Waals surface area contributed by atoms with Crippen molar-refractivity contribution >= 4 is 32.7 Å². The van der Waals surface area contributed by atoms with Gasteiger partial charge in [0.1, 0.15) is 0 Å². The molecular formula is C24H20F3N3O3S2. The van der Waals surface area contributed by atoms with Crippen LogP contribution >= 0.6 is 11.8 Å². The first-order valence-electron chi connectivity index (χ1n) is 10.3. The Hall–Kier alpha value is -3.15. The summed E-state index contributed by atoms with van der Waals surface area (Å²) in [5.74, 6) is 0.237. The highest BCUT2D eigenvalue weighted by atomic mass is 32.2. The van der Waals surface area contributed by atoms with Gasteiger partial charge in [-0.25, -0.2) is 17.7 Å². The molecule has 1 aromatic heterocycles. The summed E-state index contributed by atoms with van der Waals surface area (Å²) in [6, 6.07) is 17.4. The fourth-order valence-electron chi connectivity index (χ4n) is 3.41. The molecule has 4 rings (SSSR count). The second kappa shape index (κ2) is 9.48. The normalized spacial score (nSPS) is 12.4. The third-order valence-corrected chi connectivity index (χ3v) is 8.04. The highest BCUT2D eigenvalue weighted by Gasteiger charge is 2.31. The molecule has 0 aliphatic heterocycles. The Bertz CT molecular complexity index is 1570. The summed E-state index contributed by atoms with van der Waals surface area (Å²) in [6.07, 6.45) is -4.57. The van der Waals surface area contributed by atoms with Crippen molar-refractivity contribution in [1.29, 1.82) is 0 Å². The molecule has 0 spiro atoms. The highest BCUT2D eigenvalue weighted by Crippen LogP contribution is 2.32. The monoisotopic (exact) mass is 519 g/mol. The van der Waals surface area contributed by atoms with E-state index in [4.69, 9.17) is 0 Å². The van der Waals surface area contributed by atoms with E-state index in [1.165, 1.54) is 38.4 Å². The SMILES string of the molecule is CN(C)S(=O)(=O)c1cccc(CSc2nc3ccccc3c(=O)n2-c2cccc(C(F)(F)F)c2)c1. The van der Waals surface area contributed by atoms with Crippen LogP contribution in [0, 0.1) is 0 Å². The van der Waals surface area contributed by atoms with Crippen molar-refractivity contribution in [3.05, 3.63) is 94.3 Å². The first-order chi connectivity index (χ1) is 16.5. The average molecular weight is 520 g/mol. The summed E-state index contributed by atoms with van der Waals surface area (Å²) in [5, 5.41) is 0.460. The molecule has 0 N–H and O–H groups in total. The smallest absolute Gasteiger partial charge is 0.268 e. The molecule has 0 amide bonds. The number of sulfonamides is 1. The molecule has 0 radical (unpaired) electrons. The fraction of sp³-hybridized carbons (Fsp3) is 0.167. The van der Waals surface area contributed by atoms with E-state index in [1.54, 1.807) is 36.4 Å². The maximum atomic E-state index is 13.3. The van der Waals surface area contributed by atoms with E-state index < -0.39 is 27.3 Å². The van der Waals surface area contributed by atoms with Crippen LogP contribution in [0.2, 0.25) is 0 Å². The quantitative estimate of drug-likeness (QED) is 0.266. The van der Waals surface area contributed by atoms with Gasteiger partial charge in [-0.1, -0.05) is 42.1 Å². The maximum Gasteiger partial charge on any atom is 0.416 e. The number of aromatic nitrogens is 2. The van der Waals surface area contributed by atoms with Gasteiger partial charge in [0.15, 0.2) is 5.16 Å². The number of para-hydroxylation sites is 1. The largest absolute Gasteiger partial charge is 0.416 e. The minimum atomic E-state index is -4.57. The minimum Gasteiger partial charge on any atom is -0.268 e. The van der Waals surface area contributed by atoms with Gasteiger partial charge in [0.05, 0.1) is 27.0 Å². The zero-order valence-electron chi connectivity index (χ0n) is 18.7. The lowest BCUT2D eigenvalue weighted by atomic mass is 10.2. The summed E-state index contributed by atoms with van der Waals surface area (Å²) < 4.78 is 67.2. The minimum absolute atomic E-state index is 0.0366. The second-order valence-corrected chi connectivity index (χ2v) is 10.9. The molecule has 35 heavy (non-hydrogen) atoms. The standard InChI is InChI=1S/C24H20F3N3O3S2/c1-29(2)35(32,33)19-10-5-7-16(13-19)15-34-23-28-21-12-4-3-11-20(21)22(31)30(23)18-9-6-8-17(14-18)24(25,26)27/h3-14H,15H2,1-2H3. The van der Waals surface area contributed by atoms with Crippen LogP contribution < -0.4 is 5.56 Å². The van der Waals surface area contributed by atoms with Crippen LogP contribution in [0.5, 0.6) is 0 Å². The van der Waals surface area contributed by atoms with E-state index >= 15 is 0 Å². The maximum absolute atomic E-state index is 13.3. The second-order valence-electron chi connectivity index (χ2n) is 7.82. The molecule has 6 nitrogen and oxygen atoms in total. The first-order valence-corrected chi connectivity index (χ1v) is 12.7. The Labute approximate surface area is 204 Å². The lowest BCUT2D eigenvalue weighted by molar-refractivity contribution is -0.137. The summed E-state index contributed by atoms with van der Waals surface area (Å²) in [5.41, 5.74) is -0.286. The molecule has 3 aromatic carbocycles. The molecule has 0 unspecified atom stereocenters. The molecule has 0 saturated carbocycles. The number of thioether (sulfide) groups is 1. The summed E-state index contributed by atoms with van der Waals surface area (Å²) in [7, 11) is -0.773. The topological polar surface area (TPSA) is 72.3 Å². The van der Waals surface area contributed by atoms with Crippen LogP contribution in [0.15, 0.2) is 87.6 Å². The number of benzene rings is 3. The predicted octanol–water partition coefficient (Wildman–Crippen LogP) is 4.95. The third kappa shape index (κ3) is 5.12. The molecule has 0 aliphatic rings. The Morgan fingerprint density at radius 2 is 1.69 bits per heavy atom. The van der Waals surface area contributed by atoms with Gasteiger partial charge in [0.2, 0.25) is 10.0 Å². The molecule has 0 saturated heterocycles. The predicted molar refractivity (Wildman–Crippen MR) is 129 cm³/mol. The Balaban J connectivity index is 1.80. The van der Waals surface area contributed by atoms with Crippen LogP contribution in [-0.4, -0.2) is 36.4 Å². The molecule has 0 atom stereocenters. The molecule has 11 heteroatoms. The Morgan fingerprint density at radius 1 is 0.971 bits per heavy atom. The number of rotatable bonds is 6. The lowest BCUT2D eigenvalue weighted by Gasteiger charge is -2.15. The molecule has 0 aliphatic carbocycles. The van der Waals surface area contributed by atoms with Gasteiger partial charge in [-0.2, -0.15) is 13.2 Å². The van der Waals surface area contributed by atoms with Crippen molar-refractivity contribution in [3.63, 3.8) is 0 Å². The van der Waals surface area contributed by atoms with Gasteiger partial charge in [-0.05, 0) is 48.0 Å². The lowest BCUT2D eigenvalue weighted by Crippen LogP contribution is -2.22. The van der Waals surface area contributed by atoms with Crippen molar-refractivity contribution in [2.75, 3.05) is 14.1 Å². The van der Waals surface area contributed by atoms with Gasteiger partial charge >= 0.3 is 6.18 Å². The Morgan fingerprint density at radius 3 is 2.40 bits per heavy atom. The van der Waals surface area contributed by atoms with Crippen LogP contribution in [0.3, 0.4) is 0 Å². The number of alkyl halides is 3. The third-order valence-electron chi connectivity index (χ3n) is 5.22. The van der Waals surface area contributed by atoms with Gasteiger partial charge in [0, 0.05) is 19.8 Å². The van der Waals surface area contributed by atoms with Gasteiger partial charge < -0.3 is 0 Å². The van der Waals surface area contributed by atoms with Crippen LogP contribution in [0.1, 0.15) is 11.1 Å². The summed E-state index contributed by atoms with van der Waals surface area (Å²) in [6.45, 7) is 0. The van der Waals surface area contributed by atoms with E-state index in [0.717, 1.165) is 32.8 Å². The molecule has 4 aromatic rings. The molecular weight excluding hydrogens is 499 g/mol. The van der Waals surface area contributed by atoms with Gasteiger partial charge in [0.25, 0.3) is 5.56 Å². The van der Waals surface area contributed by atoms with Crippen molar-refractivity contribution < 1.29 is 21.6 Å². The first kappa shape index (κ1) is 25.0. The fourth-order valence-corrected chi connectivity index (χ4v) is 5.34. The van der Waals surface area contributed by atoms with Crippen LogP contribution in [0.25, 0.3) is 16.6 Å². The van der Waals surface area contributed by atoms with Gasteiger partial charge in [-0.15, -0.1) is 0 Å². The van der Waals surface area contributed by atoms with Gasteiger partial charge in [-0.3, -0.25) is 9.36 Å². The average Bonchev–Trinajstić information content (AvgIpc) is 2.82. The van der Waals surface area contributed by atoms with E-state index in [0.29, 0.717) is 11.1 Å². The van der Waals surface area contributed by atoms with Crippen LogP contribution in [0.4, 0.5) is 13.2 Å². The zero-order chi connectivity index (χ0) is 25.4.